The van der Waals surface area contributed by atoms with Gasteiger partial charge in [0.05, 0.1) is 18.1 Å². The highest BCUT2D eigenvalue weighted by molar-refractivity contribution is 7.91. The zero-order valence-corrected chi connectivity index (χ0v) is 12.6. The van der Waals surface area contributed by atoms with Crippen LogP contribution in [-0.2, 0) is 21.1 Å². The van der Waals surface area contributed by atoms with Crippen molar-refractivity contribution in [2.45, 2.75) is 13.5 Å². The van der Waals surface area contributed by atoms with E-state index in [1.807, 2.05) is 0 Å². The second kappa shape index (κ2) is 6.72. The molecule has 0 aliphatic heterocycles. The van der Waals surface area contributed by atoms with Gasteiger partial charge in [0.25, 0.3) is 11.5 Å². The second-order valence-electron chi connectivity index (χ2n) is 4.52. The SMILES string of the molecule is COCCS(=O)(=O)CCn1c(O)c(C(N)=O)c(C)cc1=O. The fraction of sp³-hybridized carbons (Fsp3) is 0.500. The highest BCUT2D eigenvalue weighted by Crippen LogP contribution is 2.18. The Hall–Kier alpha value is -1.87. The van der Waals surface area contributed by atoms with Crippen LogP contribution in [-0.4, -0.2) is 49.2 Å². The largest absolute Gasteiger partial charge is 0.494 e. The van der Waals surface area contributed by atoms with Crippen molar-refractivity contribution in [1.29, 1.82) is 0 Å². The lowest BCUT2D eigenvalue weighted by Gasteiger charge is -2.12. The first kappa shape index (κ1) is 17.2. The van der Waals surface area contributed by atoms with Gasteiger partial charge in [0.15, 0.2) is 9.84 Å². The summed E-state index contributed by atoms with van der Waals surface area (Å²) in [5.41, 5.74) is 4.58. The predicted octanol–water partition coefficient (Wildman–Crippen LogP) is -0.978. The summed E-state index contributed by atoms with van der Waals surface area (Å²) in [7, 11) is -2.05. The number of pyridine rings is 1. The third-order valence-electron chi connectivity index (χ3n) is 2.95. The minimum Gasteiger partial charge on any atom is -0.494 e. The smallest absolute Gasteiger partial charge is 0.254 e. The van der Waals surface area contributed by atoms with E-state index in [-0.39, 0.29) is 35.8 Å². The molecule has 0 atom stereocenters. The molecule has 3 N–H and O–H groups in total. The van der Waals surface area contributed by atoms with Gasteiger partial charge >= 0.3 is 0 Å². The van der Waals surface area contributed by atoms with E-state index in [1.165, 1.54) is 14.0 Å². The van der Waals surface area contributed by atoms with Crippen LogP contribution in [0, 0.1) is 6.92 Å². The van der Waals surface area contributed by atoms with Crippen LogP contribution in [0.25, 0.3) is 0 Å². The number of aromatic nitrogens is 1. The Bertz CT molecular complexity index is 692. The summed E-state index contributed by atoms with van der Waals surface area (Å²) >= 11 is 0. The first-order valence-electron chi connectivity index (χ1n) is 6.12. The van der Waals surface area contributed by atoms with E-state index in [4.69, 9.17) is 5.73 Å². The number of aryl methyl sites for hydroxylation is 1. The monoisotopic (exact) mass is 318 g/mol. The fourth-order valence-electron chi connectivity index (χ4n) is 1.81. The van der Waals surface area contributed by atoms with Crippen molar-refractivity contribution in [3.05, 3.63) is 27.5 Å². The number of carbonyl (C=O) groups is 1. The van der Waals surface area contributed by atoms with Crippen LogP contribution in [0.15, 0.2) is 10.9 Å². The van der Waals surface area contributed by atoms with Crippen LogP contribution >= 0.6 is 0 Å². The van der Waals surface area contributed by atoms with Gasteiger partial charge in [-0.1, -0.05) is 0 Å². The van der Waals surface area contributed by atoms with E-state index in [9.17, 15) is 23.1 Å². The van der Waals surface area contributed by atoms with Crippen molar-refractivity contribution in [2.75, 3.05) is 25.2 Å². The van der Waals surface area contributed by atoms with Gasteiger partial charge in [-0.05, 0) is 12.5 Å². The van der Waals surface area contributed by atoms with E-state index in [1.54, 1.807) is 0 Å². The summed E-state index contributed by atoms with van der Waals surface area (Å²) in [5, 5.41) is 9.94. The molecule has 0 radical (unpaired) electrons. The van der Waals surface area contributed by atoms with Crippen LogP contribution in [0.1, 0.15) is 15.9 Å². The highest BCUT2D eigenvalue weighted by Gasteiger charge is 2.19. The van der Waals surface area contributed by atoms with E-state index in [0.29, 0.717) is 0 Å². The van der Waals surface area contributed by atoms with Crippen molar-refractivity contribution in [2.24, 2.45) is 5.73 Å². The Balaban J connectivity index is 3.08. The molecule has 118 valence electrons. The summed E-state index contributed by atoms with van der Waals surface area (Å²) < 4.78 is 28.9. The molecule has 0 unspecified atom stereocenters. The Labute approximate surface area is 122 Å². The van der Waals surface area contributed by atoms with Gasteiger partial charge in [-0.2, -0.15) is 0 Å². The summed E-state index contributed by atoms with van der Waals surface area (Å²) in [5.74, 6) is -2.05. The molecule has 1 aromatic rings. The fourth-order valence-corrected chi connectivity index (χ4v) is 2.90. The number of amides is 1. The van der Waals surface area contributed by atoms with Gasteiger partial charge in [0, 0.05) is 19.7 Å². The molecule has 8 nitrogen and oxygen atoms in total. The average Bonchev–Trinajstić information content (AvgIpc) is 2.35. The number of methoxy groups -OCH3 is 1. The lowest BCUT2D eigenvalue weighted by molar-refractivity contribution is 0.0995. The molecule has 0 bridgehead atoms. The Morgan fingerprint density at radius 1 is 1.43 bits per heavy atom. The van der Waals surface area contributed by atoms with Crippen LogP contribution < -0.4 is 11.3 Å². The van der Waals surface area contributed by atoms with Crippen molar-refractivity contribution in [3.8, 4) is 5.88 Å². The number of carbonyl (C=O) groups excluding carboxylic acids is 1. The number of hydrogen-bond donors (Lipinski definition) is 2. The zero-order valence-electron chi connectivity index (χ0n) is 11.8. The van der Waals surface area contributed by atoms with Gasteiger partial charge in [-0.25, -0.2) is 8.42 Å². The zero-order chi connectivity index (χ0) is 16.2. The van der Waals surface area contributed by atoms with Crippen LogP contribution in [0.4, 0.5) is 0 Å². The van der Waals surface area contributed by atoms with Crippen molar-refractivity contribution in [3.63, 3.8) is 0 Å². The lowest BCUT2D eigenvalue weighted by Crippen LogP contribution is -2.28. The Kier molecular flexibility index (Phi) is 5.50. The van der Waals surface area contributed by atoms with Gasteiger partial charge in [0.2, 0.25) is 5.88 Å². The summed E-state index contributed by atoms with van der Waals surface area (Å²) in [6.45, 7) is 1.24. The van der Waals surface area contributed by atoms with Crippen LogP contribution in [0.2, 0.25) is 0 Å². The molecule has 1 aromatic heterocycles. The van der Waals surface area contributed by atoms with Gasteiger partial charge < -0.3 is 15.6 Å². The standard InChI is InChI=1S/C12H18N2O6S/c1-8-7-9(15)14(12(17)10(8)11(13)16)3-5-21(18,19)6-4-20-2/h7,17H,3-6H2,1-2H3,(H2,13,16). The molecular weight excluding hydrogens is 300 g/mol. The third-order valence-corrected chi connectivity index (χ3v) is 4.54. The molecule has 1 amide bonds. The lowest BCUT2D eigenvalue weighted by atomic mass is 10.1. The normalized spacial score (nSPS) is 11.5. The maximum absolute atomic E-state index is 11.8. The van der Waals surface area contributed by atoms with Gasteiger partial charge in [0.1, 0.15) is 5.56 Å². The number of rotatable bonds is 7. The number of sulfone groups is 1. The Morgan fingerprint density at radius 2 is 2.05 bits per heavy atom. The number of aromatic hydroxyl groups is 1. The number of nitrogens with two attached hydrogens (primary N) is 1. The molecule has 1 rings (SSSR count). The first-order chi connectivity index (χ1) is 9.69. The van der Waals surface area contributed by atoms with Crippen molar-refractivity contribution < 1.29 is 23.1 Å². The summed E-state index contributed by atoms with van der Waals surface area (Å²) in [6.07, 6.45) is 0. The highest BCUT2D eigenvalue weighted by atomic mass is 32.2. The molecule has 0 aliphatic carbocycles. The number of nitrogens with zero attached hydrogens (tertiary/aromatic N) is 1. The molecule has 1 heterocycles. The molecule has 21 heavy (non-hydrogen) atoms. The van der Waals surface area contributed by atoms with E-state index < -0.39 is 27.2 Å². The molecule has 0 aromatic carbocycles. The predicted molar refractivity (Wildman–Crippen MR) is 76.2 cm³/mol. The van der Waals surface area contributed by atoms with Crippen LogP contribution in [0.5, 0.6) is 5.88 Å². The molecule has 0 saturated carbocycles. The second-order valence-corrected chi connectivity index (χ2v) is 6.83. The average molecular weight is 318 g/mol. The quantitative estimate of drug-likeness (QED) is 0.665. The Morgan fingerprint density at radius 3 is 2.57 bits per heavy atom. The summed E-state index contributed by atoms with van der Waals surface area (Å²) in [6, 6.07) is 1.13. The minimum atomic E-state index is -3.43. The maximum Gasteiger partial charge on any atom is 0.254 e. The molecular formula is C12H18N2O6S. The number of primary amides is 1. The van der Waals surface area contributed by atoms with Gasteiger partial charge in [-0.15, -0.1) is 0 Å². The van der Waals surface area contributed by atoms with Crippen LogP contribution in [0.3, 0.4) is 0 Å². The molecule has 0 fully saturated rings. The van der Waals surface area contributed by atoms with Gasteiger partial charge in [-0.3, -0.25) is 14.2 Å². The third kappa shape index (κ3) is 4.30. The number of ether oxygens (including phenoxy) is 1. The number of hydrogen-bond acceptors (Lipinski definition) is 6. The van der Waals surface area contributed by atoms with E-state index >= 15 is 0 Å². The topological polar surface area (TPSA) is 129 Å². The van der Waals surface area contributed by atoms with E-state index in [0.717, 1.165) is 10.6 Å². The molecule has 0 saturated heterocycles. The maximum atomic E-state index is 11.8. The van der Waals surface area contributed by atoms with Crippen molar-refractivity contribution in [1.82, 2.24) is 4.57 Å². The van der Waals surface area contributed by atoms with Crippen molar-refractivity contribution >= 4 is 15.7 Å². The molecule has 0 spiro atoms. The molecule has 9 heteroatoms. The summed E-state index contributed by atoms with van der Waals surface area (Å²) in [4.78, 5) is 23.1. The minimum absolute atomic E-state index is 0.0453. The first-order valence-corrected chi connectivity index (χ1v) is 7.94. The van der Waals surface area contributed by atoms with E-state index in [2.05, 4.69) is 4.74 Å². The molecule has 0 aliphatic rings.